The molecule has 0 unspecified atom stereocenters. The first-order valence-corrected chi connectivity index (χ1v) is 9.59. The van der Waals surface area contributed by atoms with Crippen molar-refractivity contribution < 1.29 is 0 Å². The number of thiophene rings is 1. The Kier molecular flexibility index (Phi) is 2.75. The van der Waals surface area contributed by atoms with Crippen LogP contribution in [-0.4, -0.2) is 6.98 Å². The van der Waals surface area contributed by atoms with E-state index in [0.717, 1.165) is 5.57 Å². The van der Waals surface area contributed by atoms with Gasteiger partial charge in [0.1, 0.15) is 5.00 Å². The minimum atomic E-state index is 0.0949. The van der Waals surface area contributed by atoms with Gasteiger partial charge in [-0.25, -0.2) is 0 Å². The Balaban J connectivity index is 1.70. The Hall–Kier alpha value is -2.98. The van der Waals surface area contributed by atoms with Crippen molar-refractivity contribution in [2.75, 3.05) is 10.0 Å². The summed E-state index contributed by atoms with van der Waals surface area (Å²) >= 11 is 1.85. The van der Waals surface area contributed by atoms with Gasteiger partial charge in [-0.05, 0) is 28.7 Å². The van der Waals surface area contributed by atoms with Gasteiger partial charge >= 0.3 is 6.98 Å². The molecule has 1 aromatic heterocycles. The Morgan fingerprint density at radius 2 is 1.58 bits per heavy atom. The fourth-order valence-corrected chi connectivity index (χ4v) is 5.43. The quantitative estimate of drug-likeness (QED) is 0.437. The van der Waals surface area contributed by atoms with E-state index < -0.39 is 0 Å². The van der Waals surface area contributed by atoms with Crippen molar-refractivity contribution >= 4 is 55.8 Å². The third kappa shape index (κ3) is 1.72. The lowest BCUT2D eigenvalue weighted by Crippen LogP contribution is -2.48. The number of hydrogen-bond donors (Lipinski definition) is 1. The van der Waals surface area contributed by atoms with E-state index in [0.29, 0.717) is 0 Å². The molecule has 2 aliphatic rings. The Labute approximate surface area is 156 Å². The van der Waals surface area contributed by atoms with Crippen LogP contribution in [0.3, 0.4) is 0 Å². The summed E-state index contributed by atoms with van der Waals surface area (Å²) in [6.45, 7) is 4.53. The van der Waals surface area contributed by atoms with E-state index in [9.17, 15) is 0 Å². The number of nitrogens with zero attached hydrogens (tertiary/aromatic N) is 1. The van der Waals surface area contributed by atoms with Gasteiger partial charge in [0.25, 0.3) is 0 Å². The summed E-state index contributed by atoms with van der Waals surface area (Å²) in [6, 6.07) is 25.9. The zero-order valence-electron chi connectivity index (χ0n) is 14.1. The van der Waals surface area contributed by atoms with Gasteiger partial charge in [0, 0.05) is 21.3 Å². The summed E-state index contributed by atoms with van der Waals surface area (Å²) in [6.07, 6.45) is 0. The molecule has 4 aromatic rings. The molecule has 0 saturated heterocycles. The van der Waals surface area contributed by atoms with Crippen LogP contribution in [0.25, 0.3) is 15.7 Å². The van der Waals surface area contributed by atoms with Gasteiger partial charge in [-0.15, -0.1) is 11.3 Å². The molecule has 26 heavy (non-hydrogen) atoms. The highest BCUT2D eigenvalue weighted by Gasteiger charge is 2.42. The molecule has 6 rings (SSSR count). The molecular formula is C22H15BN2S. The van der Waals surface area contributed by atoms with Gasteiger partial charge in [-0.2, -0.15) is 0 Å². The molecule has 3 aromatic carbocycles. The molecule has 0 radical (unpaired) electrons. The van der Waals surface area contributed by atoms with Crippen molar-refractivity contribution in [2.45, 2.75) is 0 Å². The lowest BCUT2D eigenvalue weighted by atomic mass is 9.65. The third-order valence-corrected chi connectivity index (χ3v) is 6.57. The molecule has 122 valence electrons. The topological polar surface area (TPSA) is 15.3 Å². The van der Waals surface area contributed by atoms with Crippen molar-refractivity contribution in [1.82, 2.24) is 0 Å². The predicted molar refractivity (Wildman–Crippen MR) is 114 cm³/mol. The number of benzene rings is 3. The lowest BCUT2D eigenvalue weighted by molar-refractivity contribution is 1.44. The largest absolute Gasteiger partial charge is 0.414 e. The maximum absolute atomic E-state index is 4.43. The van der Waals surface area contributed by atoms with Gasteiger partial charge < -0.3 is 10.0 Å². The minimum absolute atomic E-state index is 0.0949. The van der Waals surface area contributed by atoms with Crippen LogP contribution in [0.2, 0.25) is 0 Å². The normalized spacial score (nSPS) is 14.4. The van der Waals surface area contributed by atoms with Gasteiger partial charge in [0.05, 0.1) is 5.69 Å². The van der Waals surface area contributed by atoms with Crippen LogP contribution in [0.15, 0.2) is 79.4 Å². The first kappa shape index (κ1) is 14.2. The number of nitrogens with one attached hydrogen (secondary N) is 1. The second-order valence-electron chi connectivity index (χ2n) is 6.78. The number of hydrogen-bond acceptors (Lipinski definition) is 3. The second-order valence-corrected chi connectivity index (χ2v) is 7.81. The minimum Gasteiger partial charge on any atom is -0.402 e. The van der Waals surface area contributed by atoms with E-state index in [1.165, 1.54) is 43.1 Å². The number of anilines is 3. The molecular weight excluding hydrogens is 335 g/mol. The zero-order chi connectivity index (χ0) is 17.3. The predicted octanol–water partition coefficient (Wildman–Crippen LogP) is 5.24. The molecule has 3 heterocycles. The van der Waals surface area contributed by atoms with Crippen LogP contribution in [0, 0.1) is 0 Å². The Bertz CT molecular complexity index is 1210. The highest BCUT2D eigenvalue weighted by atomic mass is 32.1. The van der Waals surface area contributed by atoms with E-state index in [4.69, 9.17) is 0 Å². The van der Waals surface area contributed by atoms with Crippen molar-refractivity contribution in [3.8, 4) is 0 Å². The molecule has 0 spiro atoms. The highest BCUT2D eigenvalue weighted by molar-refractivity contribution is 7.25. The van der Waals surface area contributed by atoms with E-state index in [1.54, 1.807) is 0 Å². The van der Waals surface area contributed by atoms with Gasteiger partial charge in [-0.3, -0.25) is 0 Å². The van der Waals surface area contributed by atoms with Crippen LogP contribution in [0.1, 0.15) is 11.1 Å². The smallest absolute Gasteiger partial charge is 0.402 e. The Morgan fingerprint density at radius 1 is 0.846 bits per heavy atom. The Morgan fingerprint density at radius 3 is 2.50 bits per heavy atom. The molecule has 0 amide bonds. The van der Waals surface area contributed by atoms with Gasteiger partial charge in [-0.1, -0.05) is 67.2 Å². The van der Waals surface area contributed by atoms with Crippen LogP contribution in [0.5, 0.6) is 0 Å². The van der Waals surface area contributed by atoms with Crippen molar-refractivity contribution in [3.63, 3.8) is 0 Å². The molecule has 4 heteroatoms. The molecule has 0 aliphatic carbocycles. The van der Waals surface area contributed by atoms with E-state index in [1.807, 2.05) is 11.3 Å². The van der Waals surface area contributed by atoms with E-state index in [-0.39, 0.29) is 6.98 Å². The van der Waals surface area contributed by atoms with Crippen molar-refractivity contribution in [3.05, 3.63) is 90.5 Å². The molecule has 0 fully saturated rings. The van der Waals surface area contributed by atoms with Crippen molar-refractivity contribution in [1.29, 1.82) is 0 Å². The third-order valence-electron chi connectivity index (χ3n) is 5.40. The molecule has 2 nitrogen and oxygen atoms in total. The molecule has 0 saturated carbocycles. The average molecular weight is 350 g/mol. The standard InChI is InChI=1S/C22H15BN2S/c1-14-15-8-2-5-11-18(15)23-24-21-17-10-4-7-13-20(17)26-22(21)25(23)19-12-6-3-9-16(14)19/h2-13,24H,1H2. The summed E-state index contributed by atoms with van der Waals surface area (Å²) in [5.74, 6) is 0. The monoisotopic (exact) mass is 350 g/mol. The van der Waals surface area contributed by atoms with Crippen LogP contribution < -0.4 is 15.5 Å². The fourth-order valence-electron chi connectivity index (χ4n) is 4.22. The maximum atomic E-state index is 4.43. The molecule has 0 bridgehead atoms. The lowest BCUT2D eigenvalue weighted by Gasteiger charge is -2.23. The summed E-state index contributed by atoms with van der Waals surface area (Å²) in [4.78, 5) is 2.45. The molecule has 1 N–H and O–H groups in total. The zero-order valence-corrected chi connectivity index (χ0v) is 14.9. The molecule has 0 atom stereocenters. The van der Waals surface area contributed by atoms with E-state index in [2.05, 4.69) is 89.4 Å². The summed E-state index contributed by atoms with van der Waals surface area (Å²) in [7, 11) is 0. The summed E-state index contributed by atoms with van der Waals surface area (Å²) < 4.78 is 1.32. The molecule has 2 aliphatic heterocycles. The van der Waals surface area contributed by atoms with Crippen LogP contribution in [0.4, 0.5) is 16.4 Å². The average Bonchev–Trinajstić information content (AvgIpc) is 3.20. The van der Waals surface area contributed by atoms with Crippen molar-refractivity contribution in [2.24, 2.45) is 0 Å². The first-order chi connectivity index (χ1) is 12.8. The van der Waals surface area contributed by atoms with E-state index >= 15 is 0 Å². The summed E-state index contributed by atoms with van der Waals surface area (Å²) in [5.41, 5.74) is 7.26. The maximum Gasteiger partial charge on any atom is 0.414 e. The number of rotatable bonds is 0. The highest BCUT2D eigenvalue weighted by Crippen LogP contribution is 2.51. The van der Waals surface area contributed by atoms with Gasteiger partial charge in [0.2, 0.25) is 0 Å². The van der Waals surface area contributed by atoms with Crippen LogP contribution >= 0.6 is 11.3 Å². The first-order valence-electron chi connectivity index (χ1n) is 8.78. The SMILES string of the molecule is C=C1c2ccccc2B2Nc3c(sc4ccccc34)N2c2ccccc21. The number of fused-ring (bicyclic) bond motifs is 9. The summed E-state index contributed by atoms with van der Waals surface area (Å²) in [5, 5.41) is 6.40. The van der Waals surface area contributed by atoms with Crippen LogP contribution in [-0.2, 0) is 0 Å². The number of para-hydroxylation sites is 1. The van der Waals surface area contributed by atoms with Gasteiger partial charge in [0.15, 0.2) is 0 Å². The fraction of sp³-hybridized carbons (Fsp3) is 0. The second kappa shape index (κ2) is 5.02.